The lowest BCUT2D eigenvalue weighted by atomic mass is 9.97. The van der Waals surface area contributed by atoms with E-state index in [0.717, 1.165) is 11.1 Å². The highest BCUT2D eigenvalue weighted by Gasteiger charge is 2.36. The second kappa shape index (κ2) is 14.6. The van der Waals surface area contributed by atoms with Crippen molar-refractivity contribution in [3.8, 4) is 0 Å². The molecule has 224 valence electrons. The quantitative estimate of drug-likeness (QED) is 0.353. The molecule has 2 rings (SSSR count). The Kier molecular flexibility index (Phi) is 11.9. The zero-order valence-electron chi connectivity index (χ0n) is 25.0. The van der Waals surface area contributed by atoms with Gasteiger partial charge in [-0.15, -0.1) is 0 Å². The van der Waals surface area contributed by atoms with E-state index in [0.29, 0.717) is 5.56 Å². The summed E-state index contributed by atoms with van der Waals surface area (Å²) in [5.74, 6) is -1.87. The average Bonchev–Trinajstić information content (AvgIpc) is 2.86. The number of nitrogens with one attached hydrogen (secondary N) is 2. The first-order valence-electron chi connectivity index (χ1n) is 13.6. The first-order chi connectivity index (χ1) is 19.1. The predicted molar refractivity (Wildman–Crippen MR) is 155 cm³/mol. The van der Waals surface area contributed by atoms with Gasteiger partial charge in [0.15, 0.2) is 0 Å². The van der Waals surface area contributed by atoms with E-state index in [1.165, 1.54) is 4.90 Å². The zero-order valence-corrected chi connectivity index (χ0v) is 25.0. The van der Waals surface area contributed by atoms with Gasteiger partial charge in [-0.1, -0.05) is 54.6 Å². The molecule has 0 fully saturated rings. The normalized spacial score (nSPS) is 13.0. The van der Waals surface area contributed by atoms with Crippen LogP contribution in [0.2, 0.25) is 0 Å². The third kappa shape index (κ3) is 11.2. The number of esters is 1. The first kappa shape index (κ1) is 33.3. The molecule has 2 aromatic carbocycles. The van der Waals surface area contributed by atoms with Gasteiger partial charge in [0.2, 0.25) is 11.8 Å². The summed E-state index contributed by atoms with van der Waals surface area (Å²) < 4.78 is 10.8. The maximum absolute atomic E-state index is 14.0. The number of aliphatic hydroxyl groups is 1. The van der Waals surface area contributed by atoms with Crippen LogP contribution in [0.1, 0.15) is 64.3 Å². The lowest BCUT2D eigenvalue weighted by Crippen LogP contribution is -2.52. The van der Waals surface area contributed by atoms with Crippen molar-refractivity contribution in [1.29, 1.82) is 0 Å². The molecule has 41 heavy (non-hydrogen) atoms. The Morgan fingerprint density at radius 2 is 1.46 bits per heavy atom. The van der Waals surface area contributed by atoms with Gasteiger partial charge in [0.05, 0.1) is 6.61 Å². The number of hydrogen-bond donors (Lipinski definition) is 3. The molecule has 3 amide bonds. The van der Waals surface area contributed by atoms with Crippen molar-refractivity contribution in [1.82, 2.24) is 15.5 Å². The summed E-state index contributed by atoms with van der Waals surface area (Å²) in [6.45, 7) is 11.0. The van der Waals surface area contributed by atoms with Crippen LogP contribution in [0, 0.1) is 6.92 Å². The number of carbonyl (C=O) groups is 4. The van der Waals surface area contributed by atoms with E-state index in [9.17, 15) is 24.3 Å². The number of rotatable bonds is 11. The molecule has 0 radical (unpaired) electrons. The van der Waals surface area contributed by atoms with Gasteiger partial charge in [0.25, 0.3) is 0 Å². The third-order valence-electron chi connectivity index (χ3n) is 5.78. The van der Waals surface area contributed by atoms with Crippen molar-refractivity contribution < 1.29 is 33.8 Å². The number of nitrogens with zero attached hydrogens (tertiary/aromatic N) is 1. The molecule has 0 aliphatic heterocycles. The van der Waals surface area contributed by atoms with Crippen molar-refractivity contribution in [3.63, 3.8) is 0 Å². The molecule has 0 heterocycles. The van der Waals surface area contributed by atoms with E-state index in [1.54, 1.807) is 72.7 Å². The Morgan fingerprint density at radius 3 is 2.02 bits per heavy atom. The lowest BCUT2D eigenvalue weighted by molar-refractivity contribution is -0.159. The van der Waals surface area contributed by atoms with Crippen LogP contribution in [0.4, 0.5) is 4.79 Å². The molecule has 2 aromatic rings. The molecule has 3 N–H and O–H groups in total. The molecule has 10 heteroatoms. The van der Waals surface area contributed by atoms with Crippen LogP contribution in [0.25, 0.3) is 0 Å². The van der Waals surface area contributed by atoms with Gasteiger partial charge < -0.3 is 30.1 Å². The fourth-order valence-electron chi connectivity index (χ4n) is 4.08. The summed E-state index contributed by atoms with van der Waals surface area (Å²) >= 11 is 0. The van der Waals surface area contributed by atoms with Crippen LogP contribution in [-0.2, 0) is 30.3 Å². The van der Waals surface area contributed by atoms with Crippen molar-refractivity contribution in [2.75, 3.05) is 19.7 Å². The van der Waals surface area contributed by atoms with Crippen molar-refractivity contribution in [3.05, 3.63) is 71.3 Å². The Morgan fingerprint density at radius 1 is 0.878 bits per heavy atom. The maximum Gasteiger partial charge on any atom is 0.408 e. The zero-order chi connectivity index (χ0) is 30.8. The average molecular weight is 570 g/mol. The molecule has 0 saturated heterocycles. The minimum Gasteiger partial charge on any atom is -0.458 e. The number of alkyl carbamates (subject to hydrolysis) is 1. The van der Waals surface area contributed by atoms with Crippen LogP contribution in [0.15, 0.2) is 54.6 Å². The Labute approximate surface area is 242 Å². The van der Waals surface area contributed by atoms with Gasteiger partial charge in [-0.2, -0.15) is 0 Å². The van der Waals surface area contributed by atoms with Crippen molar-refractivity contribution in [2.45, 2.75) is 78.2 Å². The first-order valence-corrected chi connectivity index (χ1v) is 13.6. The second-order valence-corrected chi connectivity index (χ2v) is 11.7. The molecule has 2 unspecified atom stereocenters. The van der Waals surface area contributed by atoms with Crippen molar-refractivity contribution in [2.24, 2.45) is 0 Å². The molecular formula is C31H43N3O7. The number of carbonyl (C=O) groups excluding carboxylic acids is 4. The van der Waals surface area contributed by atoms with Gasteiger partial charge >= 0.3 is 12.1 Å². The molecule has 0 aliphatic rings. The molecule has 0 aromatic heterocycles. The summed E-state index contributed by atoms with van der Waals surface area (Å²) in [6, 6.07) is 14.0. The van der Waals surface area contributed by atoms with Crippen LogP contribution >= 0.6 is 0 Å². The van der Waals surface area contributed by atoms with E-state index in [-0.39, 0.29) is 13.0 Å². The highest BCUT2D eigenvalue weighted by molar-refractivity contribution is 5.93. The van der Waals surface area contributed by atoms with Crippen LogP contribution in [-0.4, -0.2) is 70.8 Å². The Hall–Kier alpha value is -3.92. The smallest absolute Gasteiger partial charge is 0.408 e. The number of aryl methyl sites for hydroxylation is 1. The highest BCUT2D eigenvalue weighted by Crippen LogP contribution is 2.25. The van der Waals surface area contributed by atoms with E-state index >= 15 is 0 Å². The van der Waals surface area contributed by atoms with E-state index in [4.69, 9.17) is 9.47 Å². The van der Waals surface area contributed by atoms with E-state index in [1.807, 2.05) is 30.3 Å². The lowest BCUT2D eigenvalue weighted by Gasteiger charge is -2.33. The number of aliphatic hydroxyl groups excluding tert-OH is 1. The molecule has 10 nitrogen and oxygen atoms in total. The highest BCUT2D eigenvalue weighted by atomic mass is 16.6. The molecule has 0 bridgehead atoms. The van der Waals surface area contributed by atoms with Gasteiger partial charge in [-0.05, 0) is 65.2 Å². The molecule has 0 saturated carbocycles. The third-order valence-corrected chi connectivity index (χ3v) is 5.78. The van der Waals surface area contributed by atoms with Gasteiger partial charge in [0.1, 0.15) is 29.8 Å². The van der Waals surface area contributed by atoms with Crippen LogP contribution in [0.3, 0.4) is 0 Å². The fourth-order valence-corrected chi connectivity index (χ4v) is 4.08. The number of amides is 3. The van der Waals surface area contributed by atoms with Gasteiger partial charge in [-0.25, -0.2) is 9.59 Å². The molecular weight excluding hydrogens is 526 g/mol. The Bertz CT molecular complexity index is 1190. The summed E-state index contributed by atoms with van der Waals surface area (Å²) in [6.07, 6.45) is -0.629. The standard InChI is InChI=1S/C31H43N3O7/c1-21-13-11-12-16-23(21)26(34(17-18-35)25(36)20-32-29(39)41-31(5,6)7)27(37)33-24(28(38)40-30(2,3)4)19-22-14-9-8-10-15-22/h8-16,24,26,35H,17-20H2,1-7H3,(H,32,39)(H,33,37). The van der Waals surface area contributed by atoms with E-state index in [2.05, 4.69) is 10.6 Å². The minimum atomic E-state index is -1.21. The number of ether oxygens (including phenoxy) is 2. The maximum atomic E-state index is 14.0. The molecule has 0 aliphatic carbocycles. The second-order valence-electron chi connectivity index (χ2n) is 11.7. The molecule has 0 spiro atoms. The predicted octanol–water partition coefficient (Wildman–Crippen LogP) is 3.45. The summed E-state index contributed by atoms with van der Waals surface area (Å²) in [4.78, 5) is 54.0. The Balaban J connectivity index is 2.43. The summed E-state index contributed by atoms with van der Waals surface area (Å²) in [7, 11) is 0. The molecule has 2 atom stereocenters. The van der Waals surface area contributed by atoms with E-state index < -0.39 is 60.3 Å². The van der Waals surface area contributed by atoms with Crippen LogP contribution < -0.4 is 10.6 Å². The largest absolute Gasteiger partial charge is 0.458 e. The number of benzene rings is 2. The summed E-state index contributed by atoms with van der Waals surface area (Å²) in [5, 5.41) is 15.1. The topological polar surface area (TPSA) is 134 Å². The van der Waals surface area contributed by atoms with Gasteiger partial charge in [0, 0.05) is 13.0 Å². The SMILES string of the molecule is Cc1ccccc1C(C(=O)NC(Cc1ccccc1)C(=O)OC(C)(C)C)N(CCO)C(=O)CNC(=O)OC(C)(C)C. The minimum absolute atomic E-state index is 0.163. The number of hydrogen-bond acceptors (Lipinski definition) is 7. The summed E-state index contributed by atoms with van der Waals surface area (Å²) in [5.41, 5.74) is 0.475. The van der Waals surface area contributed by atoms with Crippen LogP contribution in [0.5, 0.6) is 0 Å². The monoisotopic (exact) mass is 569 g/mol. The van der Waals surface area contributed by atoms with Crippen molar-refractivity contribution >= 4 is 23.9 Å². The fraction of sp³-hybridized carbons (Fsp3) is 0.484. The van der Waals surface area contributed by atoms with Gasteiger partial charge in [-0.3, -0.25) is 9.59 Å².